The van der Waals surface area contributed by atoms with Gasteiger partial charge in [-0.25, -0.2) is 9.97 Å². The molecule has 1 atom stereocenters. The van der Waals surface area contributed by atoms with Crippen molar-refractivity contribution < 1.29 is 9.90 Å². The predicted molar refractivity (Wildman–Crippen MR) is 109 cm³/mol. The topological polar surface area (TPSA) is 105 Å². The summed E-state index contributed by atoms with van der Waals surface area (Å²) < 4.78 is 0. The Hall–Kier alpha value is -2.38. The number of hydrogen-bond donors (Lipinski definition) is 2. The van der Waals surface area contributed by atoms with Gasteiger partial charge in [0.05, 0.1) is 12.2 Å². The number of hydrogen-bond acceptors (Lipinski definition) is 6. The molecule has 0 aromatic carbocycles. The van der Waals surface area contributed by atoms with Gasteiger partial charge in [-0.15, -0.1) is 0 Å². The van der Waals surface area contributed by atoms with E-state index in [9.17, 15) is 9.90 Å². The van der Waals surface area contributed by atoms with Gasteiger partial charge >= 0.3 is 0 Å². The van der Waals surface area contributed by atoms with Crippen molar-refractivity contribution in [3.63, 3.8) is 0 Å². The van der Waals surface area contributed by atoms with Crippen LogP contribution in [0.25, 0.3) is 11.4 Å². The van der Waals surface area contributed by atoms with Gasteiger partial charge in [-0.3, -0.25) is 9.78 Å². The molecular weight excluding hydrogens is 366 g/mol. The van der Waals surface area contributed by atoms with Gasteiger partial charge in [-0.05, 0) is 68.6 Å². The Balaban J connectivity index is 1.32. The van der Waals surface area contributed by atoms with Crippen molar-refractivity contribution >= 4 is 5.91 Å². The summed E-state index contributed by atoms with van der Waals surface area (Å²) in [5.41, 5.74) is 6.20. The molecule has 154 valence electrons. The molecule has 1 aliphatic heterocycles. The monoisotopic (exact) mass is 395 g/mol. The molecule has 0 radical (unpaired) electrons. The lowest BCUT2D eigenvalue weighted by Crippen LogP contribution is -2.35. The fraction of sp³-hybridized carbons (Fsp3) is 0.545. The van der Waals surface area contributed by atoms with E-state index in [1.54, 1.807) is 24.7 Å². The first-order valence-corrected chi connectivity index (χ1v) is 10.5. The molecule has 2 aromatic heterocycles. The molecule has 4 rings (SSSR count). The average molecular weight is 396 g/mol. The molecule has 0 bridgehead atoms. The van der Waals surface area contributed by atoms with Crippen molar-refractivity contribution in [1.29, 1.82) is 0 Å². The van der Waals surface area contributed by atoms with Crippen LogP contribution in [0.15, 0.2) is 36.8 Å². The van der Waals surface area contributed by atoms with E-state index in [0.29, 0.717) is 17.7 Å². The minimum atomic E-state index is -0.857. The highest BCUT2D eigenvalue weighted by molar-refractivity contribution is 5.78. The standard InChI is InChI=1S/C22H29N5O2/c23-13-20(28)27-11-6-17(15-27)12-16-4-7-22(29,8-5-16)19-3-2-18(14-26-19)21-24-9-1-10-25-21/h1-3,9-10,14,16-17,29H,4-8,11-13,15,23H2/t16?,17-,22?/m1/s1. The lowest BCUT2D eigenvalue weighted by atomic mass is 9.74. The first kappa shape index (κ1) is 19.9. The zero-order chi connectivity index (χ0) is 20.3. The second-order valence-electron chi connectivity index (χ2n) is 8.41. The maximum Gasteiger partial charge on any atom is 0.236 e. The number of rotatable bonds is 5. The van der Waals surface area contributed by atoms with E-state index in [0.717, 1.165) is 62.9 Å². The van der Waals surface area contributed by atoms with Crippen LogP contribution >= 0.6 is 0 Å². The minimum absolute atomic E-state index is 0.0564. The number of carbonyl (C=O) groups excluding carboxylic acids is 1. The first-order chi connectivity index (χ1) is 14.1. The summed E-state index contributed by atoms with van der Waals surface area (Å²) in [7, 11) is 0. The quantitative estimate of drug-likeness (QED) is 0.803. The Kier molecular flexibility index (Phi) is 5.87. The Morgan fingerprint density at radius 1 is 1.14 bits per heavy atom. The van der Waals surface area contributed by atoms with Crippen molar-refractivity contribution in [3.05, 3.63) is 42.5 Å². The Bertz CT molecular complexity index is 819. The van der Waals surface area contributed by atoms with Gasteiger partial charge in [-0.1, -0.05) is 0 Å². The molecule has 1 aliphatic carbocycles. The first-order valence-electron chi connectivity index (χ1n) is 10.5. The van der Waals surface area contributed by atoms with E-state index in [1.807, 2.05) is 17.0 Å². The van der Waals surface area contributed by atoms with Crippen LogP contribution in [0.5, 0.6) is 0 Å². The van der Waals surface area contributed by atoms with Crippen molar-refractivity contribution in [2.45, 2.75) is 44.1 Å². The van der Waals surface area contributed by atoms with Crippen LogP contribution in [0.4, 0.5) is 0 Å². The van der Waals surface area contributed by atoms with Crippen LogP contribution in [0.2, 0.25) is 0 Å². The molecule has 2 fully saturated rings. The fourth-order valence-corrected chi connectivity index (χ4v) is 4.75. The lowest BCUT2D eigenvalue weighted by molar-refractivity contribution is -0.128. The van der Waals surface area contributed by atoms with Crippen LogP contribution in [-0.4, -0.2) is 50.5 Å². The molecule has 1 saturated heterocycles. The molecule has 2 aliphatic rings. The van der Waals surface area contributed by atoms with Crippen molar-refractivity contribution in [2.24, 2.45) is 17.6 Å². The summed E-state index contributed by atoms with van der Waals surface area (Å²) >= 11 is 0. The summed E-state index contributed by atoms with van der Waals surface area (Å²) in [4.78, 5) is 26.7. The molecule has 3 heterocycles. The summed E-state index contributed by atoms with van der Waals surface area (Å²) in [6.45, 7) is 1.77. The number of carbonyl (C=O) groups is 1. The van der Waals surface area contributed by atoms with E-state index in [-0.39, 0.29) is 12.5 Å². The summed E-state index contributed by atoms with van der Waals surface area (Å²) in [6, 6.07) is 5.62. The van der Waals surface area contributed by atoms with Crippen molar-refractivity contribution in [3.8, 4) is 11.4 Å². The maximum absolute atomic E-state index is 11.8. The van der Waals surface area contributed by atoms with Gasteiger partial charge in [0.2, 0.25) is 5.91 Å². The van der Waals surface area contributed by atoms with Crippen LogP contribution in [0.3, 0.4) is 0 Å². The summed E-state index contributed by atoms with van der Waals surface area (Å²) in [6.07, 6.45) is 10.8. The number of amides is 1. The molecule has 1 amide bonds. The average Bonchev–Trinajstić information content (AvgIpc) is 3.24. The van der Waals surface area contributed by atoms with Crippen LogP contribution in [-0.2, 0) is 10.4 Å². The largest absolute Gasteiger partial charge is 0.384 e. The molecular formula is C22H29N5O2. The van der Waals surface area contributed by atoms with Gasteiger partial charge in [-0.2, -0.15) is 0 Å². The highest BCUT2D eigenvalue weighted by Gasteiger charge is 2.37. The maximum atomic E-state index is 11.8. The van der Waals surface area contributed by atoms with Gasteiger partial charge in [0.1, 0.15) is 5.60 Å². The van der Waals surface area contributed by atoms with Gasteiger partial charge in [0.25, 0.3) is 0 Å². The lowest BCUT2D eigenvalue weighted by Gasteiger charge is -2.36. The Labute approximate surface area is 171 Å². The van der Waals surface area contributed by atoms with E-state index in [2.05, 4.69) is 15.0 Å². The van der Waals surface area contributed by atoms with Gasteiger partial charge < -0.3 is 15.7 Å². The number of likely N-dealkylation sites (tertiary alicyclic amines) is 1. The fourth-order valence-electron chi connectivity index (χ4n) is 4.75. The number of aromatic nitrogens is 3. The molecule has 1 saturated carbocycles. The summed E-state index contributed by atoms with van der Waals surface area (Å²) in [5.74, 6) is 1.86. The van der Waals surface area contributed by atoms with E-state index < -0.39 is 5.60 Å². The second-order valence-corrected chi connectivity index (χ2v) is 8.41. The smallest absolute Gasteiger partial charge is 0.236 e. The highest BCUT2D eigenvalue weighted by atomic mass is 16.3. The Morgan fingerprint density at radius 2 is 1.90 bits per heavy atom. The third-order valence-corrected chi connectivity index (χ3v) is 6.48. The molecule has 0 spiro atoms. The number of nitrogens with two attached hydrogens (primary N) is 1. The molecule has 0 unspecified atom stereocenters. The number of nitrogens with zero attached hydrogens (tertiary/aromatic N) is 4. The zero-order valence-electron chi connectivity index (χ0n) is 16.7. The second kappa shape index (κ2) is 8.55. The molecule has 2 aromatic rings. The van der Waals surface area contributed by atoms with Crippen LogP contribution in [0, 0.1) is 11.8 Å². The van der Waals surface area contributed by atoms with Gasteiger partial charge in [0, 0.05) is 37.2 Å². The number of pyridine rings is 1. The SMILES string of the molecule is NCC(=O)N1CC[C@H](CC2CCC(O)(c3ccc(-c4ncccn4)cn3)CC2)C1. The third kappa shape index (κ3) is 4.46. The zero-order valence-corrected chi connectivity index (χ0v) is 16.7. The van der Waals surface area contributed by atoms with Crippen molar-refractivity contribution in [1.82, 2.24) is 19.9 Å². The van der Waals surface area contributed by atoms with Gasteiger partial charge in [0.15, 0.2) is 5.82 Å². The highest BCUT2D eigenvalue weighted by Crippen LogP contribution is 2.41. The summed E-state index contributed by atoms with van der Waals surface area (Å²) in [5, 5.41) is 11.2. The molecule has 7 heteroatoms. The van der Waals surface area contributed by atoms with E-state index >= 15 is 0 Å². The Morgan fingerprint density at radius 3 is 2.55 bits per heavy atom. The predicted octanol–water partition coefficient (Wildman–Crippen LogP) is 2.11. The number of aliphatic hydroxyl groups is 1. The molecule has 7 nitrogen and oxygen atoms in total. The normalized spacial score (nSPS) is 27.2. The van der Waals surface area contributed by atoms with E-state index in [4.69, 9.17) is 5.73 Å². The van der Waals surface area contributed by atoms with E-state index in [1.165, 1.54) is 0 Å². The van der Waals surface area contributed by atoms with Crippen molar-refractivity contribution in [2.75, 3.05) is 19.6 Å². The van der Waals surface area contributed by atoms with Crippen LogP contribution in [0.1, 0.15) is 44.2 Å². The molecule has 29 heavy (non-hydrogen) atoms. The van der Waals surface area contributed by atoms with Crippen LogP contribution < -0.4 is 5.73 Å². The third-order valence-electron chi connectivity index (χ3n) is 6.48. The minimum Gasteiger partial charge on any atom is -0.384 e. The molecule has 3 N–H and O–H groups in total.